The molecule has 0 unspecified atom stereocenters. The van der Waals surface area contributed by atoms with Crippen LogP contribution in [0.2, 0.25) is 0 Å². The van der Waals surface area contributed by atoms with E-state index in [1.165, 1.54) is 41.1 Å². The summed E-state index contributed by atoms with van der Waals surface area (Å²) in [5.74, 6) is -1.19. The molecule has 2 amide bonds. The van der Waals surface area contributed by atoms with Gasteiger partial charge in [-0.05, 0) is 34.3 Å². The van der Waals surface area contributed by atoms with Crippen LogP contribution < -0.4 is 10.6 Å². The molecule has 0 fully saturated rings. The second-order valence-corrected chi connectivity index (χ2v) is 7.48. The van der Waals surface area contributed by atoms with Gasteiger partial charge in [0.15, 0.2) is 0 Å². The van der Waals surface area contributed by atoms with Crippen LogP contribution in [-0.4, -0.2) is 24.9 Å². The summed E-state index contributed by atoms with van der Waals surface area (Å²) in [7, 11) is 1.28. The molecule has 0 aliphatic heterocycles. The Morgan fingerprint density at radius 1 is 0.840 bits per heavy atom. The minimum Gasteiger partial charge on any atom is -0.465 e. The highest BCUT2D eigenvalue weighted by Crippen LogP contribution is 2.28. The van der Waals surface area contributed by atoms with Gasteiger partial charge in [-0.15, -0.1) is 34.0 Å². The highest BCUT2D eigenvalue weighted by Gasteiger charge is 2.20. The molecular weight excluding hydrogens is 380 g/mol. The van der Waals surface area contributed by atoms with Crippen LogP contribution in [0.25, 0.3) is 0 Å². The maximum Gasteiger partial charge on any atom is 0.340 e. The van der Waals surface area contributed by atoms with Gasteiger partial charge in [0.1, 0.15) is 10.0 Å². The Balaban J connectivity index is 1.76. The molecule has 0 saturated heterocycles. The second kappa shape index (κ2) is 7.60. The molecule has 25 heavy (non-hydrogen) atoms. The maximum atomic E-state index is 12.5. The molecule has 0 aromatic carbocycles. The van der Waals surface area contributed by atoms with E-state index in [9.17, 15) is 14.4 Å². The van der Waals surface area contributed by atoms with E-state index in [0.29, 0.717) is 26.0 Å². The van der Waals surface area contributed by atoms with Gasteiger partial charge in [-0.25, -0.2) is 4.79 Å². The first kappa shape index (κ1) is 17.3. The Bertz CT molecular complexity index is 912. The normalized spacial score (nSPS) is 10.3. The fourth-order valence-electron chi connectivity index (χ4n) is 2.00. The van der Waals surface area contributed by atoms with Gasteiger partial charge in [-0.1, -0.05) is 6.07 Å². The number of hydrogen-bond acceptors (Lipinski definition) is 7. The number of ether oxygens (including phenoxy) is 1. The number of nitrogens with one attached hydrogen (secondary N) is 2. The zero-order valence-corrected chi connectivity index (χ0v) is 15.3. The van der Waals surface area contributed by atoms with Crippen molar-refractivity contribution in [3.63, 3.8) is 0 Å². The first-order chi connectivity index (χ1) is 12.1. The summed E-state index contributed by atoms with van der Waals surface area (Å²) in [5.41, 5.74) is 0.624. The van der Waals surface area contributed by atoms with Crippen molar-refractivity contribution < 1.29 is 19.1 Å². The zero-order chi connectivity index (χ0) is 17.8. The van der Waals surface area contributed by atoms with Crippen molar-refractivity contribution in [3.05, 3.63) is 56.4 Å². The maximum absolute atomic E-state index is 12.5. The molecule has 3 aromatic heterocycles. The molecule has 9 heteroatoms. The van der Waals surface area contributed by atoms with Gasteiger partial charge in [-0.2, -0.15) is 0 Å². The Morgan fingerprint density at radius 3 is 2.12 bits per heavy atom. The molecule has 3 aromatic rings. The molecule has 0 atom stereocenters. The summed E-state index contributed by atoms with van der Waals surface area (Å²) >= 11 is 3.80. The standard InChI is InChI=1S/C16H12N2O4S3/c1-22-16(21)10-5-8-25-15(10)17-12(19)9-4-7-24-14(9)18-13(20)11-3-2-6-23-11/h2-8H,1H3,(H,17,19)(H,18,20). The highest BCUT2D eigenvalue weighted by molar-refractivity contribution is 7.15. The second-order valence-electron chi connectivity index (χ2n) is 4.70. The largest absolute Gasteiger partial charge is 0.465 e. The average molecular weight is 392 g/mol. The SMILES string of the molecule is COC(=O)c1ccsc1NC(=O)c1ccsc1NC(=O)c1cccs1. The summed E-state index contributed by atoms with van der Waals surface area (Å²) in [6.45, 7) is 0. The van der Waals surface area contributed by atoms with Crippen molar-refractivity contribution in [1.82, 2.24) is 0 Å². The molecule has 128 valence electrons. The van der Waals surface area contributed by atoms with Gasteiger partial charge >= 0.3 is 5.97 Å². The number of esters is 1. The van der Waals surface area contributed by atoms with Gasteiger partial charge in [0, 0.05) is 0 Å². The van der Waals surface area contributed by atoms with Gasteiger partial charge in [0.25, 0.3) is 11.8 Å². The molecule has 0 spiro atoms. The summed E-state index contributed by atoms with van der Waals surface area (Å²) in [6, 6.07) is 6.70. The minimum atomic E-state index is -0.520. The molecular formula is C16H12N2O4S3. The summed E-state index contributed by atoms with van der Waals surface area (Å²) in [6.07, 6.45) is 0. The van der Waals surface area contributed by atoms with E-state index in [4.69, 9.17) is 0 Å². The van der Waals surface area contributed by atoms with Gasteiger partial charge in [-0.3, -0.25) is 9.59 Å². The van der Waals surface area contributed by atoms with Crippen LogP contribution >= 0.6 is 34.0 Å². The number of rotatable bonds is 5. The summed E-state index contributed by atoms with van der Waals surface area (Å²) in [4.78, 5) is 36.9. The van der Waals surface area contributed by atoms with E-state index in [-0.39, 0.29) is 5.91 Å². The predicted octanol–water partition coefficient (Wildman–Crippen LogP) is 4.16. The van der Waals surface area contributed by atoms with Crippen LogP contribution in [0.15, 0.2) is 40.4 Å². The molecule has 0 aliphatic rings. The number of hydrogen-bond donors (Lipinski definition) is 2. The van der Waals surface area contributed by atoms with Crippen LogP contribution in [0.1, 0.15) is 30.4 Å². The molecule has 0 saturated carbocycles. The first-order valence-corrected chi connectivity index (χ1v) is 9.63. The fraction of sp³-hybridized carbons (Fsp3) is 0.0625. The molecule has 3 heterocycles. The third-order valence-corrected chi connectivity index (χ3v) is 5.71. The smallest absolute Gasteiger partial charge is 0.340 e. The Labute approximate surface area is 155 Å². The quantitative estimate of drug-likeness (QED) is 0.639. The monoisotopic (exact) mass is 392 g/mol. The molecule has 0 aliphatic carbocycles. The zero-order valence-electron chi connectivity index (χ0n) is 12.9. The molecule has 6 nitrogen and oxygen atoms in total. The fourth-order valence-corrected chi connectivity index (χ4v) is 4.17. The predicted molar refractivity (Wildman–Crippen MR) is 100 cm³/mol. The van der Waals surface area contributed by atoms with Gasteiger partial charge < -0.3 is 15.4 Å². The van der Waals surface area contributed by atoms with Crippen LogP contribution in [0, 0.1) is 0 Å². The number of methoxy groups -OCH3 is 1. The topological polar surface area (TPSA) is 84.5 Å². The minimum absolute atomic E-state index is 0.266. The lowest BCUT2D eigenvalue weighted by molar-refractivity contribution is 0.0602. The summed E-state index contributed by atoms with van der Waals surface area (Å²) < 4.78 is 4.69. The lowest BCUT2D eigenvalue weighted by atomic mass is 10.2. The number of anilines is 2. The van der Waals surface area contributed by atoms with Crippen molar-refractivity contribution in [2.24, 2.45) is 0 Å². The third-order valence-electron chi connectivity index (χ3n) is 3.18. The van der Waals surface area contributed by atoms with Crippen molar-refractivity contribution in [2.45, 2.75) is 0 Å². The highest BCUT2D eigenvalue weighted by atomic mass is 32.1. The van der Waals surface area contributed by atoms with Crippen LogP contribution in [-0.2, 0) is 4.74 Å². The molecule has 0 bridgehead atoms. The molecule has 0 radical (unpaired) electrons. The Morgan fingerprint density at radius 2 is 1.48 bits per heavy atom. The number of carbonyl (C=O) groups is 3. The van der Waals surface area contributed by atoms with E-state index in [1.54, 1.807) is 35.0 Å². The van der Waals surface area contributed by atoms with E-state index >= 15 is 0 Å². The lowest BCUT2D eigenvalue weighted by Gasteiger charge is -2.07. The van der Waals surface area contributed by atoms with Gasteiger partial charge in [0.05, 0.1) is 23.1 Å². The van der Waals surface area contributed by atoms with Crippen molar-refractivity contribution >= 4 is 61.8 Å². The van der Waals surface area contributed by atoms with Crippen molar-refractivity contribution in [1.29, 1.82) is 0 Å². The average Bonchev–Trinajstić information content (AvgIpc) is 3.35. The van der Waals surface area contributed by atoms with E-state index < -0.39 is 11.9 Å². The van der Waals surface area contributed by atoms with Crippen molar-refractivity contribution in [2.75, 3.05) is 17.7 Å². The van der Waals surface area contributed by atoms with Crippen molar-refractivity contribution in [3.8, 4) is 0 Å². The summed E-state index contributed by atoms with van der Waals surface area (Å²) in [5, 5.41) is 11.5. The Hall–Kier alpha value is -2.49. The van der Waals surface area contributed by atoms with Gasteiger partial charge in [0.2, 0.25) is 0 Å². The van der Waals surface area contributed by atoms with E-state index in [2.05, 4.69) is 15.4 Å². The lowest BCUT2D eigenvalue weighted by Crippen LogP contribution is -2.16. The van der Waals surface area contributed by atoms with Crippen LogP contribution in [0.3, 0.4) is 0 Å². The molecule has 3 rings (SSSR count). The first-order valence-electron chi connectivity index (χ1n) is 6.99. The number of carbonyl (C=O) groups excluding carboxylic acids is 3. The van der Waals surface area contributed by atoms with E-state index in [0.717, 1.165) is 0 Å². The third kappa shape index (κ3) is 3.78. The number of thiophene rings is 3. The van der Waals surface area contributed by atoms with E-state index in [1.807, 2.05) is 5.38 Å². The Kier molecular flexibility index (Phi) is 5.27. The van der Waals surface area contributed by atoms with Crippen LogP contribution in [0.5, 0.6) is 0 Å². The van der Waals surface area contributed by atoms with Crippen LogP contribution in [0.4, 0.5) is 10.0 Å². The molecule has 2 N–H and O–H groups in total. The number of amides is 2.